The zero-order chi connectivity index (χ0) is 10.6. The van der Waals surface area contributed by atoms with E-state index in [2.05, 4.69) is 45.1 Å². The van der Waals surface area contributed by atoms with E-state index in [4.69, 9.17) is 5.73 Å². The minimum absolute atomic E-state index is 0.279. The molecule has 3 N–H and O–H groups in total. The fraction of sp³-hybridized carbons (Fsp3) is 0.556. The van der Waals surface area contributed by atoms with Crippen molar-refractivity contribution < 1.29 is 0 Å². The molecule has 0 radical (unpaired) electrons. The van der Waals surface area contributed by atoms with Gasteiger partial charge in [0.1, 0.15) is 0 Å². The molecule has 1 rings (SSSR count). The van der Waals surface area contributed by atoms with Gasteiger partial charge >= 0.3 is 0 Å². The van der Waals surface area contributed by atoms with Crippen LogP contribution in [-0.2, 0) is 0 Å². The smallest absolute Gasteiger partial charge is 0.222 e. The number of nitrogens with two attached hydrogens (primary N) is 1. The lowest BCUT2D eigenvalue weighted by Gasteiger charge is -2.19. The molecule has 0 spiro atoms. The first-order chi connectivity index (χ1) is 6.63. The second-order valence-electron chi connectivity index (χ2n) is 3.37. The van der Waals surface area contributed by atoms with Crippen LogP contribution in [0, 0.1) is 5.92 Å². The highest BCUT2D eigenvalue weighted by atomic mass is 79.9. The van der Waals surface area contributed by atoms with Crippen molar-refractivity contribution in [2.75, 3.05) is 11.9 Å². The minimum Gasteiger partial charge on any atom is -0.351 e. The third-order valence-corrected chi connectivity index (χ3v) is 2.61. The van der Waals surface area contributed by atoms with Crippen molar-refractivity contribution in [1.82, 2.24) is 9.97 Å². The first-order valence-corrected chi connectivity index (χ1v) is 5.37. The summed E-state index contributed by atoms with van der Waals surface area (Å²) < 4.78 is 0.877. The normalized spacial score (nSPS) is 14.9. The summed E-state index contributed by atoms with van der Waals surface area (Å²) in [5.41, 5.74) is 5.56. The summed E-state index contributed by atoms with van der Waals surface area (Å²) in [5, 5.41) is 3.20. The Hall–Kier alpha value is -0.680. The molecule has 2 atom stereocenters. The molecule has 0 saturated heterocycles. The maximum Gasteiger partial charge on any atom is 0.222 e. The van der Waals surface area contributed by atoms with E-state index in [9.17, 15) is 0 Å². The largest absolute Gasteiger partial charge is 0.351 e. The topological polar surface area (TPSA) is 63.8 Å². The molecule has 0 saturated carbocycles. The first kappa shape index (κ1) is 11.4. The third-order valence-electron chi connectivity index (χ3n) is 2.20. The molecule has 0 bridgehead atoms. The standard InChI is InChI=1S/C9H15BrN4/c1-6(3-11)7(2)14-9-12-4-8(10)5-13-9/h4-7H,3,11H2,1-2H3,(H,12,13,14). The molecule has 0 amide bonds. The highest BCUT2D eigenvalue weighted by molar-refractivity contribution is 9.10. The zero-order valence-electron chi connectivity index (χ0n) is 8.37. The molecule has 5 heteroatoms. The summed E-state index contributed by atoms with van der Waals surface area (Å²) in [6.07, 6.45) is 3.43. The Balaban J connectivity index is 2.56. The quantitative estimate of drug-likeness (QED) is 0.862. The molecule has 1 heterocycles. The Morgan fingerprint density at radius 1 is 1.43 bits per heavy atom. The Labute approximate surface area is 92.5 Å². The van der Waals surface area contributed by atoms with Gasteiger partial charge in [-0.2, -0.15) is 0 Å². The summed E-state index contributed by atoms with van der Waals surface area (Å²) in [7, 11) is 0. The maximum absolute atomic E-state index is 5.56. The second-order valence-corrected chi connectivity index (χ2v) is 4.29. The van der Waals surface area contributed by atoms with E-state index in [1.54, 1.807) is 12.4 Å². The van der Waals surface area contributed by atoms with Gasteiger partial charge in [-0.25, -0.2) is 9.97 Å². The number of rotatable bonds is 4. The van der Waals surface area contributed by atoms with E-state index in [0.717, 1.165) is 4.47 Å². The fourth-order valence-corrected chi connectivity index (χ4v) is 1.14. The van der Waals surface area contributed by atoms with Crippen LogP contribution in [-0.4, -0.2) is 22.6 Å². The van der Waals surface area contributed by atoms with Crippen molar-refractivity contribution in [2.24, 2.45) is 11.7 Å². The van der Waals surface area contributed by atoms with Crippen LogP contribution in [0.25, 0.3) is 0 Å². The lowest BCUT2D eigenvalue weighted by Crippen LogP contribution is -2.30. The van der Waals surface area contributed by atoms with Gasteiger partial charge < -0.3 is 11.1 Å². The fourth-order valence-electron chi connectivity index (χ4n) is 0.937. The van der Waals surface area contributed by atoms with Crippen LogP contribution in [0.1, 0.15) is 13.8 Å². The number of hydrogen-bond donors (Lipinski definition) is 2. The monoisotopic (exact) mass is 258 g/mol. The molecule has 0 aliphatic heterocycles. The van der Waals surface area contributed by atoms with Crippen LogP contribution in [0.15, 0.2) is 16.9 Å². The van der Waals surface area contributed by atoms with Gasteiger partial charge in [0.25, 0.3) is 0 Å². The van der Waals surface area contributed by atoms with Gasteiger partial charge in [-0.1, -0.05) is 6.92 Å². The molecule has 1 aromatic rings. The van der Waals surface area contributed by atoms with E-state index >= 15 is 0 Å². The lowest BCUT2D eigenvalue weighted by molar-refractivity contribution is 0.518. The van der Waals surface area contributed by atoms with E-state index < -0.39 is 0 Å². The van der Waals surface area contributed by atoms with E-state index in [0.29, 0.717) is 18.4 Å². The molecule has 78 valence electrons. The van der Waals surface area contributed by atoms with Gasteiger partial charge in [0, 0.05) is 18.4 Å². The number of nitrogens with zero attached hydrogens (tertiary/aromatic N) is 2. The average Bonchev–Trinajstić information content (AvgIpc) is 2.20. The Morgan fingerprint density at radius 3 is 2.50 bits per heavy atom. The molecule has 1 aromatic heterocycles. The highest BCUT2D eigenvalue weighted by Gasteiger charge is 2.10. The SMILES string of the molecule is CC(CN)C(C)Nc1ncc(Br)cn1. The minimum atomic E-state index is 0.279. The van der Waals surface area contributed by atoms with E-state index in [-0.39, 0.29) is 6.04 Å². The zero-order valence-corrected chi connectivity index (χ0v) is 9.95. The van der Waals surface area contributed by atoms with E-state index in [1.807, 2.05) is 0 Å². The molecule has 0 fully saturated rings. The summed E-state index contributed by atoms with van der Waals surface area (Å²) >= 11 is 3.28. The predicted molar refractivity (Wildman–Crippen MR) is 61.0 cm³/mol. The van der Waals surface area contributed by atoms with Gasteiger partial charge in [-0.15, -0.1) is 0 Å². The molecule has 0 aliphatic carbocycles. The second kappa shape index (κ2) is 5.26. The van der Waals surface area contributed by atoms with Crippen LogP contribution < -0.4 is 11.1 Å². The van der Waals surface area contributed by atoms with Crippen molar-refractivity contribution in [3.63, 3.8) is 0 Å². The summed E-state index contributed by atoms with van der Waals surface area (Å²) in [4.78, 5) is 8.25. The molecule has 2 unspecified atom stereocenters. The molecule has 0 aromatic carbocycles. The van der Waals surface area contributed by atoms with Crippen molar-refractivity contribution >= 4 is 21.9 Å². The summed E-state index contributed by atoms with van der Waals surface area (Å²) in [6, 6.07) is 0.279. The van der Waals surface area contributed by atoms with Gasteiger partial charge in [-0.05, 0) is 35.3 Å². The van der Waals surface area contributed by atoms with E-state index in [1.165, 1.54) is 0 Å². The van der Waals surface area contributed by atoms with Crippen molar-refractivity contribution in [1.29, 1.82) is 0 Å². The molecular weight excluding hydrogens is 244 g/mol. The van der Waals surface area contributed by atoms with Crippen LogP contribution in [0.4, 0.5) is 5.95 Å². The van der Waals surface area contributed by atoms with Crippen LogP contribution in [0.5, 0.6) is 0 Å². The molecule has 0 aliphatic rings. The lowest BCUT2D eigenvalue weighted by atomic mass is 10.0. The number of halogens is 1. The third kappa shape index (κ3) is 3.23. The van der Waals surface area contributed by atoms with Gasteiger partial charge in [0.15, 0.2) is 0 Å². The average molecular weight is 259 g/mol. The maximum atomic E-state index is 5.56. The highest BCUT2D eigenvalue weighted by Crippen LogP contribution is 2.10. The number of anilines is 1. The van der Waals surface area contributed by atoms with Crippen molar-refractivity contribution in [3.05, 3.63) is 16.9 Å². The summed E-state index contributed by atoms with van der Waals surface area (Å²) in [5.74, 6) is 1.04. The predicted octanol–water partition coefficient (Wildman–Crippen LogP) is 1.63. The molecular formula is C9H15BrN4. The van der Waals surface area contributed by atoms with Crippen LogP contribution in [0.2, 0.25) is 0 Å². The van der Waals surface area contributed by atoms with Crippen LogP contribution in [0.3, 0.4) is 0 Å². The van der Waals surface area contributed by atoms with Crippen LogP contribution >= 0.6 is 15.9 Å². The van der Waals surface area contributed by atoms with Gasteiger partial charge in [-0.3, -0.25) is 0 Å². The Morgan fingerprint density at radius 2 is 2.00 bits per heavy atom. The number of nitrogens with one attached hydrogen (secondary N) is 1. The Kier molecular flexibility index (Phi) is 4.28. The molecule has 14 heavy (non-hydrogen) atoms. The first-order valence-electron chi connectivity index (χ1n) is 4.57. The number of hydrogen-bond acceptors (Lipinski definition) is 4. The molecule has 4 nitrogen and oxygen atoms in total. The van der Waals surface area contributed by atoms with Crippen molar-refractivity contribution in [3.8, 4) is 0 Å². The number of aromatic nitrogens is 2. The summed E-state index contributed by atoms with van der Waals surface area (Å²) in [6.45, 7) is 4.82. The van der Waals surface area contributed by atoms with Gasteiger partial charge in [0.05, 0.1) is 4.47 Å². The van der Waals surface area contributed by atoms with Crippen molar-refractivity contribution in [2.45, 2.75) is 19.9 Å². The Bertz CT molecular complexity index is 275. The van der Waals surface area contributed by atoms with Gasteiger partial charge in [0.2, 0.25) is 5.95 Å².